The Hall–Kier alpha value is -2.04. The number of ether oxygens (including phenoxy) is 1. The lowest BCUT2D eigenvalue weighted by Crippen LogP contribution is -2.13. The monoisotopic (exact) mass is 304 g/mol. The molecule has 0 heterocycles. The third-order valence-corrected chi connectivity index (χ3v) is 3.00. The maximum absolute atomic E-state index is 12.2. The Morgan fingerprint density at radius 2 is 2.10 bits per heavy atom. The van der Waals surface area contributed by atoms with Gasteiger partial charge in [0, 0.05) is 28.9 Å². The third-order valence-electron chi connectivity index (χ3n) is 2.78. The number of nitrogens with two attached hydrogens (primary N) is 1. The number of hydrogen-bond acceptors (Lipinski definition) is 3. The van der Waals surface area contributed by atoms with E-state index in [1.165, 1.54) is 0 Å². The quantitative estimate of drug-likeness (QED) is 0.891. The molecule has 0 saturated carbocycles. The summed E-state index contributed by atoms with van der Waals surface area (Å²) in [5.41, 5.74) is 7.51. The van der Waals surface area contributed by atoms with Gasteiger partial charge in [-0.05, 0) is 42.8 Å². The molecule has 0 aliphatic rings. The maximum Gasteiger partial charge on any atom is 0.255 e. The van der Waals surface area contributed by atoms with Gasteiger partial charge in [0.05, 0.1) is 0 Å². The fourth-order valence-corrected chi connectivity index (χ4v) is 2.20. The molecule has 0 atom stereocenters. The number of aryl methyl sites for hydroxylation is 1. The van der Waals surface area contributed by atoms with E-state index in [1.807, 2.05) is 19.1 Å². The van der Waals surface area contributed by atoms with Crippen LogP contribution in [0.3, 0.4) is 0 Å². The van der Waals surface area contributed by atoms with Crippen molar-refractivity contribution < 1.29 is 9.53 Å². The van der Waals surface area contributed by atoms with Crippen molar-refractivity contribution in [3.05, 3.63) is 58.6 Å². The van der Waals surface area contributed by atoms with Crippen LogP contribution in [0, 0.1) is 6.92 Å². The Bertz CT molecular complexity index is 624. The van der Waals surface area contributed by atoms with Crippen molar-refractivity contribution in [2.75, 3.05) is 18.5 Å². The maximum atomic E-state index is 12.2. The molecule has 0 saturated heterocycles. The minimum atomic E-state index is -0.212. The minimum Gasteiger partial charge on any atom is -0.492 e. The molecule has 0 aliphatic heterocycles. The molecule has 0 bridgehead atoms. The number of carbonyl (C=O) groups is 1. The number of nitrogens with one attached hydrogen (secondary N) is 1. The van der Waals surface area contributed by atoms with Crippen molar-refractivity contribution in [2.45, 2.75) is 6.92 Å². The zero-order valence-electron chi connectivity index (χ0n) is 11.7. The van der Waals surface area contributed by atoms with Crippen LogP contribution in [0.1, 0.15) is 15.9 Å². The van der Waals surface area contributed by atoms with E-state index in [1.54, 1.807) is 30.3 Å². The van der Waals surface area contributed by atoms with Crippen molar-refractivity contribution in [2.24, 2.45) is 5.73 Å². The first-order chi connectivity index (χ1) is 10.1. The first-order valence-electron chi connectivity index (χ1n) is 6.60. The molecule has 5 heteroatoms. The number of rotatable bonds is 5. The van der Waals surface area contributed by atoms with Gasteiger partial charge in [-0.15, -0.1) is 0 Å². The van der Waals surface area contributed by atoms with Crippen LogP contribution in [0.2, 0.25) is 5.02 Å². The van der Waals surface area contributed by atoms with Gasteiger partial charge in [0.15, 0.2) is 0 Å². The molecule has 0 aromatic heterocycles. The second-order valence-corrected chi connectivity index (χ2v) is 5.07. The van der Waals surface area contributed by atoms with Crippen LogP contribution < -0.4 is 15.8 Å². The van der Waals surface area contributed by atoms with Gasteiger partial charge in [0.2, 0.25) is 0 Å². The largest absolute Gasteiger partial charge is 0.492 e. The predicted octanol–water partition coefficient (Wildman–Crippen LogP) is 3.24. The molecule has 110 valence electrons. The zero-order chi connectivity index (χ0) is 15.2. The number of halogens is 1. The molecule has 0 spiro atoms. The first kappa shape index (κ1) is 15.4. The topological polar surface area (TPSA) is 64.3 Å². The molecule has 4 nitrogen and oxygen atoms in total. The fraction of sp³-hybridized carbons (Fsp3) is 0.188. The average molecular weight is 305 g/mol. The second-order valence-electron chi connectivity index (χ2n) is 4.64. The molecule has 1 amide bonds. The Labute approximate surface area is 128 Å². The van der Waals surface area contributed by atoms with E-state index in [-0.39, 0.29) is 5.91 Å². The molecule has 0 fully saturated rings. The number of carbonyl (C=O) groups excluding carboxylic acids is 1. The summed E-state index contributed by atoms with van der Waals surface area (Å²) in [5.74, 6) is 0.456. The number of anilines is 1. The Morgan fingerprint density at radius 3 is 2.81 bits per heavy atom. The van der Waals surface area contributed by atoms with E-state index in [2.05, 4.69) is 5.32 Å². The molecule has 3 N–H and O–H groups in total. The Morgan fingerprint density at radius 1 is 1.29 bits per heavy atom. The SMILES string of the molecule is Cc1cc(Cl)cc(C(=O)Nc2cccc(OCCN)c2)c1. The Balaban J connectivity index is 2.11. The van der Waals surface area contributed by atoms with Gasteiger partial charge in [-0.25, -0.2) is 0 Å². The normalized spacial score (nSPS) is 10.2. The van der Waals surface area contributed by atoms with Gasteiger partial charge in [-0.1, -0.05) is 17.7 Å². The molecule has 21 heavy (non-hydrogen) atoms. The summed E-state index contributed by atoms with van der Waals surface area (Å²) in [6.45, 7) is 2.77. The van der Waals surface area contributed by atoms with Crippen molar-refractivity contribution in [1.82, 2.24) is 0 Å². The lowest BCUT2D eigenvalue weighted by atomic mass is 10.1. The first-order valence-corrected chi connectivity index (χ1v) is 6.98. The lowest BCUT2D eigenvalue weighted by Gasteiger charge is -2.09. The van der Waals surface area contributed by atoms with E-state index >= 15 is 0 Å². The van der Waals surface area contributed by atoms with Crippen molar-refractivity contribution in [3.8, 4) is 5.75 Å². The van der Waals surface area contributed by atoms with Gasteiger partial charge in [-0.3, -0.25) is 4.79 Å². The van der Waals surface area contributed by atoms with E-state index in [9.17, 15) is 4.79 Å². The van der Waals surface area contributed by atoms with Gasteiger partial charge >= 0.3 is 0 Å². The van der Waals surface area contributed by atoms with Gasteiger partial charge in [-0.2, -0.15) is 0 Å². The molecule has 0 aliphatic carbocycles. The summed E-state index contributed by atoms with van der Waals surface area (Å²) < 4.78 is 5.42. The van der Waals surface area contributed by atoms with E-state index in [4.69, 9.17) is 22.1 Å². The van der Waals surface area contributed by atoms with Crippen LogP contribution in [-0.4, -0.2) is 19.1 Å². The molecular formula is C16H17ClN2O2. The van der Waals surface area contributed by atoms with Crippen LogP contribution >= 0.6 is 11.6 Å². The average Bonchev–Trinajstić information content (AvgIpc) is 2.44. The standard InChI is InChI=1S/C16H17ClN2O2/c1-11-7-12(9-13(17)8-11)16(20)19-14-3-2-4-15(10-14)21-6-5-18/h2-4,7-10H,5-6,18H2,1H3,(H,19,20). The Kier molecular flexibility index (Phi) is 5.20. The van der Waals surface area contributed by atoms with Crippen molar-refractivity contribution in [1.29, 1.82) is 0 Å². The van der Waals surface area contributed by atoms with Crippen LogP contribution in [0.5, 0.6) is 5.75 Å². The van der Waals surface area contributed by atoms with Crippen LogP contribution in [0.25, 0.3) is 0 Å². The molecule has 0 unspecified atom stereocenters. The molecular weight excluding hydrogens is 288 g/mol. The summed E-state index contributed by atoms with van der Waals surface area (Å²) in [6.07, 6.45) is 0. The zero-order valence-corrected chi connectivity index (χ0v) is 12.5. The number of amides is 1. The third kappa shape index (κ3) is 4.48. The summed E-state index contributed by atoms with van der Waals surface area (Å²) >= 11 is 5.97. The number of hydrogen-bond donors (Lipinski definition) is 2. The van der Waals surface area contributed by atoms with Crippen molar-refractivity contribution >= 4 is 23.2 Å². The summed E-state index contributed by atoms with van der Waals surface area (Å²) in [6, 6.07) is 12.4. The summed E-state index contributed by atoms with van der Waals surface area (Å²) in [4.78, 5) is 12.2. The van der Waals surface area contributed by atoms with Gasteiger partial charge in [0.25, 0.3) is 5.91 Å². The highest BCUT2D eigenvalue weighted by Crippen LogP contribution is 2.19. The minimum absolute atomic E-state index is 0.212. The predicted molar refractivity (Wildman–Crippen MR) is 85.1 cm³/mol. The van der Waals surface area contributed by atoms with Gasteiger partial charge < -0.3 is 15.8 Å². The van der Waals surface area contributed by atoms with Crippen molar-refractivity contribution in [3.63, 3.8) is 0 Å². The lowest BCUT2D eigenvalue weighted by molar-refractivity contribution is 0.102. The summed E-state index contributed by atoms with van der Waals surface area (Å²) in [5, 5.41) is 3.36. The van der Waals surface area contributed by atoms with Crippen LogP contribution in [0.15, 0.2) is 42.5 Å². The van der Waals surface area contributed by atoms with Crippen LogP contribution in [0.4, 0.5) is 5.69 Å². The molecule has 0 radical (unpaired) electrons. The van der Waals surface area contributed by atoms with E-state index < -0.39 is 0 Å². The highest BCUT2D eigenvalue weighted by Gasteiger charge is 2.08. The smallest absolute Gasteiger partial charge is 0.255 e. The fourth-order valence-electron chi connectivity index (χ4n) is 1.91. The summed E-state index contributed by atoms with van der Waals surface area (Å²) in [7, 11) is 0. The van der Waals surface area contributed by atoms with E-state index in [0.29, 0.717) is 35.2 Å². The molecule has 2 rings (SSSR count). The highest BCUT2D eigenvalue weighted by atomic mass is 35.5. The molecule has 2 aromatic rings. The van der Waals surface area contributed by atoms with E-state index in [0.717, 1.165) is 5.56 Å². The molecule has 2 aromatic carbocycles. The number of benzene rings is 2. The van der Waals surface area contributed by atoms with Gasteiger partial charge in [0.1, 0.15) is 12.4 Å². The second kappa shape index (κ2) is 7.11. The highest BCUT2D eigenvalue weighted by molar-refractivity contribution is 6.31. The van der Waals surface area contributed by atoms with Crippen LogP contribution in [-0.2, 0) is 0 Å².